The first-order chi connectivity index (χ1) is 15.5. The van der Waals surface area contributed by atoms with Crippen LogP contribution >= 0.6 is 11.8 Å². The molecule has 0 spiro atoms. The first kappa shape index (κ1) is 21.8. The van der Waals surface area contributed by atoms with Crippen molar-refractivity contribution in [3.8, 4) is 0 Å². The van der Waals surface area contributed by atoms with Crippen molar-refractivity contribution in [3.63, 3.8) is 0 Å². The van der Waals surface area contributed by atoms with E-state index in [2.05, 4.69) is 25.7 Å². The van der Waals surface area contributed by atoms with Gasteiger partial charge in [-0.3, -0.25) is 9.59 Å². The van der Waals surface area contributed by atoms with Crippen LogP contribution < -0.4 is 15.5 Å². The molecule has 0 unspecified atom stereocenters. The second kappa shape index (κ2) is 9.79. The van der Waals surface area contributed by atoms with Crippen LogP contribution in [0.1, 0.15) is 16.2 Å². The topological polar surface area (TPSA) is 125 Å². The SMILES string of the molecule is CN1C(=O)[C@@H](NC(=O)c2ncn(Cc3ccccc3)n2)CSc2cc(NCCO)ncc21. The molecule has 0 radical (unpaired) electrons. The number of aromatic nitrogens is 4. The minimum atomic E-state index is -0.736. The third-order valence-corrected chi connectivity index (χ3v) is 6.03. The molecule has 0 aliphatic carbocycles. The van der Waals surface area contributed by atoms with Crippen molar-refractivity contribution < 1.29 is 14.7 Å². The molecule has 3 N–H and O–H groups in total. The van der Waals surface area contributed by atoms with Gasteiger partial charge in [-0.2, -0.15) is 0 Å². The lowest BCUT2D eigenvalue weighted by Crippen LogP contribution is -2.48. The van der Waals surface area contributed by atoms with Crippen LogP contribution in [0.4, 0.5) is 11.5 Å². The number of fused-ring (bicyclic) bond motifs is 1. The normalized spacial score (nSPS) is 15.8. The Kier molecular flexibility index (Phi) is 6.66. The number of anilines is 2. The third-order valence-electron chi connectivity index (χ3n) is 4.89. The smallest absolute Gasteiger partial charge is 0.291 e. The summed E-state index contributed by atoms with van der Waals surface area (Å²) in [5.74, 6) is 0.239. The Morgan fingerprint density at radius 2 is 2.09 bits per heavy atom. The zero-order valence-electron chi connectivity index (χ0n) is 17.4. The number of carbonyl (C=O) groups excluding carboxylic acids is 2. The molecule has 0 fully saturated rings. The number of nitrogens with zero attached hydrogens (tertiary/aromatic N) is 5. The summed E-state index contributed by atoms with van der Waals surface area (Å²) in [4.78, 5) is 36.4. The average molecular weight is 454 g/mol. The van der Waals surface area contributed by atoms with Gasteiger partial charge in [0.2, 0.25) is 11.7 Å². The Morgan fingerprint density at radius 1 is 1.28 bits per heavy atom. The summed E-state index contributed by atoms with van der Waals surface area (Å²) in [6, 6.07) is 10.8. The van der Waals surface area contributed by atoms with Gasteiger partial charge in [-0.1, -0.05) is 30.3 Å². The number of rotatable bonds is 7. The van der Waals surface area contributed by atoms with Crippen molar-refractivity contribution in [3.05, 3.63) is 60.3 Å². The summed E-state index contributed by atoms with van der Waals surface area (Å²) >= 11 is 1.45. The standard InChI is InChI=1S/C21H23N7O3S/c1-27-16-10-23-18(22-7-8-29)9-17(16)32-12-15(21(27)31)25-20(30)19-24-13-28(26-19)11-14-5-3-2-4-6-14/h2-6,9-10,13,15,29H,7-8,11-12H2,1H3,(H,22,23)(H,25,30)/t15-/m0/s1. The van der Waals surface area contributed by atoms with Gasteiger partial charge in [-0.15, -0.1) is 16.9 Å². The zero-order valence-corrected chi connectivity index (χ0v) is 18.2. The molecule has 10 nitrogen and oxygen atoms in total. The van der Waals surface area contributed by atoms with Crippen LogP contribution in [0.5, 0.6) is 0 Å². The van der Waals surface area contributed by atoms with E-state index in [9.17, 15) is 9.59 Å². The minimum absolute atomic E-state index is 0.00640. The molecule has 0 saturated heterocycles. The number of hydrogen-bond donors (Lipinski definition) is 3. The molecule has 0 saturated carbocycles. The molecule has 2 amide bonds. The highest BCUT2D eigenvalue weighted by Gasteiger charge is 2.31. The molecule has 1 aromatic carbocycles. The van der Waals surface area contributed by atoms with Crippen LogP contribution in [-0.2, 0) is 11.3 Å². The van der Waals surface area contributed by atoms with Crippen molar-refractivity contribution in [1.82, 2.24) is 25.1 Å². The maximum atomic E-state index is 13.0. The third kappa shape index (κ3) is 4.89. The van der Waals surface area contributed by atoms with Crippen LogP contribution in [0, 0.1) is 0 Å². The molecule has 4 rings (SSSR count). The van der Waals surface area contributed by atoms with Gasteiger partial charge < -0.3 is 20.6 Å². The number of aliphatic hydroxyl groups excluding tert-OH is 1. The summed E-state index contributed by atoms with van der Waals surface area (Å²) in [6.45, 7) is 0.873. The second-order valence-electron chi connectivity index (χ2n) is 7.17. The highest BCUT2D eigenvalue weighted by Crippen LogP contribution is 2.34. The molecule has 1 aliphatic heterocycles. The lowest BCUT2D eigenvalue weighted by atomic mass is 10.2. The molecular formula is C21H23N7O3S. The Hall–Kier alpha value is -3.44. The minimum Gasteiger partial charge on any atom is -0.395 e. The van der Waals surface area contributed by atoms with Gasteiger partial charge in [0.15, 0.2) is 0 Å². The molecular weight excluding hydrogens is 430 g/mol. The molecule has 32 heavy (non-hydrogen) atoms. The van der Waals surface area contributed by atoms with Crippen LogP contribution in [0.25, 0.3) is 0 Å². The van der Waals surface area contributed by atoms with Crippen molar-refractivity contribution in [2.24, 2.45) is 0 Å². The maximum Gasteiger partial charge on any atom is 0.291 e. The number of hydrogen-bond acceptors (Lipinski definition) is 8. The number of likely N-dealkylation sites (N-methyl/N-ethyl adjacent to an activating group) is 1. The quantitative estimate of drug-likeness (QED) is 0.484. The number of aliphatic hydroxyl groups is 1. The second-order valence-corrected chi connectivity index (χ2v) is 8.24. The maximum absolute atomic E-state index is 13.0. The molecule has 166 valence electrons. The lowest BCUT2D eigenvalue weighted by Gasteiger charge is -2.21. The van der Waals surface area contributed by atoms with Crippen LogP contribution in [0.3, 0.4) is 0 Å². The number of thioether (sulfide) groups is 1. The fourth-order valence-corrected chi connectivity index (χ4v) is 4.35. The van der Waals surface area contributed by atoms with E-state index in [0.29, 0.717) is 30.3 Å². The van der Waals surface area contributed by atoms with E-state index in [1.54, 1.807) is 17.9 Å². The number of amides is 2. The highest BCUT2D eigenvalue weighted by molar-refractivity contribution is 7.99. The van der Waals surface area contributed by atoms with E-state index in [4.69, 9.17) is 5.11 Å². The van der Waals surface area contributed by atoms with Crippen molar-refractivity contribution in [1.29, 1.82) is 0 Å². The van der Waals surface area contributed by atoms with Crippen LogP contribution in [0.15, 0.2) is 53.8 Å². The van der Waals surface area contributed by atoms with Crippen molar-refractivity contribution >= 4 is 35.1 Å². The fraction of sp³-hybridized carbons (Fsp3) is 0.286. The predicted molar refractivity (Wildman–Crippen MR) is 121 cm³/mol. The van der Waals surface area contributed by atoms with Gasteiger partial charge in [0.25, 0.3) is 5.91 Å². The average Bonchev–Trinajstić information content (AvgIpc) is 3.24. The number of benzene rings is 1. The van der Waals surface area contributed by atoms with E-state index in [-0.39, 0.29) is 18.3 Å². The molecule has 2 aromatic heterocycles. The molecule has 3 aromatic rings. The monoisotopic (exact) mass is 453 g/mol. The molecule has 3 heterocycles. The fourth-order valence-electron chi connectivity index (χ4n) is 3.25. The Morgan fingerprint density at radius 3 is 2.88 bits per heavy atom. The number of carbonyl (C=O) groups is 2. The molecule has 1 atom stereocenters. The summed E-state index contributed by atoms with van der Waals surface area (Å²) in [6.07, 6.45) is 3.11. The van der Waals surface area contributed by atoms with Crippen LogP contribution in [-0.4, -0.2) is 68.7 Å². The summed E-state index contributed by atoms with van der Waals surface area (Å²) < 4.78 is 1.59. The van der Waals surface area contributed by atoms with Gasteiger partial charge in [-0.25, -0.2) is 14.6 Å². The largest absolute Gasteiger partial charge is 0.395 e. The molecule has 1 aliphatic rings. The highest BCUT2D eigenvalue weighted by atomic mass is 32.2. The van der Waals surface area contributed by atoms with Gasteiger partial charge in [-0.05, 0) is 11.6 Å². The zero-order chi connectivity index (χ0) is 22.5. The van der Waals surface area contributed by atoms with E-state index < -0.39 is 11.9 Å². The van der Waals surface area contributed by atoms with Crippen LogP contribution in [0.2, 0.25) is 0 Å². The molecule has 0 bridgehead atoms. The van der Waals surface area contributed by atoms with E-state index in [1.165, 1.54) is 23.0 Å². The van der Waals surface area contributed by atoms with Gasteiger partial charge in [0.05, 0.1) is 25.0 Å². The van der Waals surface area contributed by atoms with E-state index in [0.717, 1.165) is 10.5 Å². The predicted octanol–water partition coefficient (Wildman–Crippen LogP) is 0.993. The summed E-state index contributed by atoms with van der Waals surface area (Å²) in [5, 5.41) is 19.0. The number of pyridine rings is 1. The first-order valence-corrected chi connectivity index (χ1v) is 11.0. The van der Waals surface area contributed by atoms with Gasteiger partial charge in [0.1, 0.15) is 18.2 Å². The Bertz CT molecular complexity index is 1110. The lowest BCUT2D eigenvalue weighted by molar-refractivity contribution is -0.119. The number of nitrogens with one attached hydrogen (secondary N) is 2. The Labute approximate surface area is 189 Å². The van der Waals surface area contributed by atoms with Gasteiger partial charge in [0, 0.05) is 24.2 Å². The van der Waals surface area contributed by atoms with Gasteiger partial charge >= 0.3 is 0 Å². The first-order valence-electron chi connectivity index (χ1n) is 10.0. The summed E-state index contributed by atoms with van der Waals surface area (Å²) in [7, 11) is 1.65. The summed E-state index contributed by atoms with van der Waals surface area (Å²) in [5.41, 5.74) is 1.71. The van der Waals surface area contributed by atoms with Crippen molar-refractivity contribution in [2.75, 3.05) is 36.2 Å². The van der Waals surface area contributed by atoms with Crippen molar-refractivity contribution in [2.45, 2.75) is 17.5 Å². The Balaban J connectivity index is 1.43. The molecule has 11 heteroatoms. The van der Waals surface area contributed by atoms with E-state index >= 15 is 0 Å². The van der Waals surface area contributed by atoms with E-state index in [1.807, 2.05) is 36.4 Å².